The number of hydrogen-bond acceptors (Lipinski definition) is 3. The lowest BCUT2D eigenvalue weighted by molar-refractivity contribution is -0.248. The lowest BCUT2D eigenvalue weighted by Gasteiger charge is -2.71. The highest BCUT2D eigenvalue weighted by Crippen LogP contribution is 2.76. The minimum atomic E-state index is -0.996. The summed E-state index contributed by atoms with van der Waals surface area (Å²) in [6.45, 7) is 19.1. The molecule has 0 bridgehead atoms. The quantitative estimate of drug-likeness (QED) is 0.389. The molecule has 0 saturated heterocycles. The fourth-order valence-electron chi connectivity index (χ4n) is 10.8. The Hall–Kier alpha value is -1.36. The molecule has 0 spiro atoms. The molecule has 3 N–H and O–H groups in total. The highest BCUT2D eigenvalue weighted by atomic mass is 16.4. The molecule has 0 heterocycles. The van der Waals surface area contributed by atoms with Gasteiger partial charge in [0.25, 0.3) is 0 Å². The molecule has 5 heteroatoms. The molecule has 10 atom stereocenters. The maximum absolute atomic E-state index is 12.3. The zero-order valence-corrected chi connectivity index (χ0v) is 23.0. The van der Waals surface area contributed by atoms with Crippen LogP contribution >= 0.6 is 0 Å². The summed E-state index contributed by atoms with van der Waals surface area (Å²) in [6.07, 6.45) is 6.02. The zero-order valence-electron chi connectivity index (χ0n) is 23.0. The van der Waals surface area contributed by atoms with E-state index in [1.54, 1.807) is 13.8 Å². The van der Waals surface area contributed by atoms with Gasteiger partial charge in [0.1, 0.15) is 0 Å². The fourth-order valence-corrected chi connectivity index (χ4v) is 10.8. The van der Waals surface area contributed by atoms with Crippen molar-refractivity contribution in [1.82, 2.24) is 0 Å². The maximum Gasteiger partial charge on any atom is 0.309 e. The van der Waals surface area contributed by atoms with Crippen molar-refractivity contribution >= 4 is 11.9 Å². The topological polar surface area (TPSA) is 94.8 Å². The van der Waals surface area contributed by atoms with Crippen molar-refractivity contribution in [3.8, 4) is 0 Å². The van der Waals surface area contributed by atoms with Gasteiger partial charge >= 0.3 is 11.9 Å². The van der Waals surface area contributed by atoms with Gasteiger partial charge in [0.2, 0.25) is 0 Å². The summed E-state index contributed by atoms with van der Waals surface area (Å²) in [5.74, 6) is -0.524. The molecule has 0 unspecified atom stereocenters. The molecule has 198 valence electrons. The molecule has 4 aliphatic rings. The normalized spacial score (nSPS) is 49.5. The third-order valence-corrected chi connectivity index (χ3v) is 12.8. The zero-order chi connectivity index (χ0) is 26.4. The standard InChI is InChI=1S/C30H48O5/c1-17(2)18-11-13-27(5)22(31)15-30(8)19(24(18)27)9-10-21-28(6,16-23(32)33)20(12-14-29(21,30)7)26(3,4)25(34)35/h18-22,24,31H,1,9-16H2,2-8H3,(H,32,33)(H,34,35)/t18-,19-,20-,21+,22-,24-,27+,28-,29+,30+/m0/s1. The third-order valence-electron chi connectivity index (χ3n) is 12.8. The molecular formula is C30H48O5. The van der Waals surface area contributed by atoms with Gasteiger partial charge in [-0.25, -0.2) is 0 Å². The van der Waals surface area contributed by atoms with Gasteiger partial charge in [0, 0.05) is 0 Å². The van der Waals surface area contributed by atoms with E-state index in [9.17, 15) is 24.9 Å². The second-order valence-electron chi connectivity index (χ2n) is 14.5. The van der Waals surface area contributed by atoms with Crippen LogP contribution in [0.2, 0.25) is 0 Å². The fraction of sp³-hybridized carbons (Fsp3) is 0.867. The molecule has 0 aromatic heterocycles. The van der Waals surface area contributed by atoms with E-state index >= 15 is 0 Å². The lowest BCUT2D eigenvalue weighted by atomic mass is 9.33. The minimum Gasteiger partial charge on any atom is -0.481 e. The molecule has 35 heavy (non-hydrogen) atoms. The number of fused-ring (bicyclic) bond motifs is 5. The van der Waals surface area contributed by atoms with Crippen molar-refractivity contribution in [3.05, 3.63) is 12.2 Å². The third kappa shape index (κ3) is 3.42. The van der Waals surface area contributed by atoms with E-state index in [2.05, 4.69) is 41.2 Å². The number of hydrogen-bond donors (Lipinski definition) is 3. The van der Waals surface area contributed by atoms with E-state index < -0.39 is 22.8 Å². The number of carboxylic acid groups (broad SMARTS) is 2. The summed E-state index contributed by atoms with van der Waals surface area (Å²) in [5, 5.41) is 31.8. The largest absolute Gasteiger partial charge is 0.481 e. The Balaban J connectivity index is 1.82. The number of aliphatic carboxylic acids is 2. The smallest absolute Gasteiger partial charge is 0.309 e. The number of allylic oxidation sites excluding steroid dienone is 1. The molecular weight excluding hydrogens is 440 g/mol. The highest BCUT2D eigenvalue weighted by Gasteiger charge is 2.71. The van der Waals surface area contributed by atoms with Crippen LogP contribution in [0.25, 0.3) is 0 Å². The SMILES string of the molecule is C=C(C)[C@@H]1CC[C@@]2(C)[C@@H]1[C@@H]1CC[C@@H]3[C@@](C)(CC(=O)O)[C@H](C(C)(C)C(=O)O)CC[C@@]3(C)[C@]1(C)C[C@@H]2O. The summed E-state index contributed by atoms with van der Waals surface area (Å²) in [6, 6.07) is 0. The Morgan fingerprint density at radius 3 is 2.14 bits per heavy atom. The Bertz CT molecular complexity index is 924. The first kappa shape index (κ1) is 26.7. The van der Waals surface area contributed by atoms with E-state index in [0.717, 1.165) is 38.5 Å². The van der Waals surface area contributed by atoms with E-state index in [0.29, 0.717) is 24.2 Å². The van der Waals surface area contributed by atoms with Crippen LogP contribution in [-0.4, -0.2) is 33.4 Å². The van der Waals surface area contributed by atoms with Gasteiger partial charge < -0.3 is 15.3 Å². The predicted octanol–water partition coefficient (Wildman–Crippen LogP) is 6.40. The lowest BCUT2D eigenvalue weighted by Crippen LogP contribution is -2.67. The summed E-state index contributed by atoms with van der Waals surface area (Å²) in [7, 11) is 0. The second kappa shape index (κ2) is 8.07. The summed E-state index contributed by atoms with van der Waals surface area (Å²) in [4.78, 5) is 24.6. The molecule has 0 aromatic rings. The number of carbonyl (C=O) groups is 2. The molecule has 0 amide bonds. The van der Waals surface area contributed by atoms with Crippen molar-refractivity contribution < 1.29 is 24.9 Å². The van der Waals surface area contributed by atoms with Crippen LogP contribution < -0.4 is 0 Å². The average Bonchev–Trinajstić information content (AvgIpc) is 3.07. The van der Waals surface area contributed by atoms with Crippen LogP contribution in [0.5, 0.6) is 0 Å². The molecule has 0 aliphatic heterocycles. The molecule has 4 rings (SSSR count). The van der Waals surface area contributed by atoms with Crippen LogP contribution in [0, 0.1) is 56.7 Å². The Labute approximate surface area is 211 Å². The van der Waals surface area contributed by atoms with Crippen LogP contribution in [0.15, 0.2) is 12.2 Å². The predicted molar refractivity (Wildman–Crippen MR) is 137 cm³/mol. The number of carboxylic acids is 2. The van der Waals surface area contributed by atoms with Gasteiger partial charge in [0.15, 0.2) is 0 Å². The monoisotopic (exact) mass is 488 g/mol. The molecule has 4 aliphatic carbocycles. The van der Waals surface area contributed by atoms with Gasteiger partial charge in [-0.3, -0.25) is 9.59 Å². The van der Waals surface area contributed by atoms with E-state index in [1.165, 1.54) is 5.57 Å². The Morgan fingerprint density at radius 2 is 1.60 bits per heavy atom. The van der Waals surface area contributed by atoms with Gasteiger partial charge in [0.05, 0.1) is 17.9 Å². The van der Waals surface area contributed by atoms with Crippen molar-refractivity contribution in [2.24, 2.45) is 56.7 Å². The number of rotatable bonds is 5. The maximum atomic E-state index is 12.3. The van der Waals surface area contributed by atoms with Crippen molar-refractivity contribution in [2.75, 3.05) is 0 Å². The molecule has 4 fully saturated rings. The minimum absolute atomic E-state index is 0.00648. The van der Waals surface area contributed by atoms with Crippen molar-refractivity contribution in [1.29, 1.82) is 0 Å². The van der Waals surface area contributed by atoms with Crippen LogP contribution in [0.1, 0.15) is 99.8 Å². The van der Waals surface area contributed by atoms with Crippen molar-refractivity contribution in [3.63, 3.8) is 0 Å². The van der Waals surface area contributed by atoms with Crippen LogP contribution in [0.3, 0.4) is 0 Å². The van der Waals surface area contributed by atoms with Crippen LogP contribution in [0.4, 0.5) is 0 Å². The first-order valence-corrected chi connectivity index (χ1v) is 13.8. The molecule has 0 aromatic carbocycles. The van der Waals surface area contributed by atoms with Crippen molar-refractivity contribution in [2.45, 2.75) is 106 Å². The first-order valence-electron chi connectivity index (χ1n) is 13.8. The van der Waals surface area contributed by atoms with Gasteiger partial charge in [-0.1, -0.05) is 39.8 Å². The molecule has 0 radical (unpaired) electrons. The molecule has 5 nitrogen and oxygen atoms in total. The van der Waals surface area contributed by atoms with Gasteiger partial charge in [-0.15, -0.1) is 0 Å². The Kier molecular flexibility index (Phi) is 6.15. The van der Waals surface area contributed by atoms with Crippen LogP contribution in [-0.2, 0) is 9.59 Å². The molecule has 4 saturated carbocycles. The van der Waals surface area contributed by atoms with E-state index in [-0.39, 0.29) is 40.6 Å². The summed E-state index contributed by atoms with van der Waals surface area (Å²) >= 11 is 0. The number of aliphatic hydroxyl groups excluding tert-OH is 1. The van der Waals surface area contributed by atoms with Gasteiger partial charge in [-0.05, 0) is 117 Å². The second-order valence-corrected chi connectivity index (χ2v) is 14.5. The Morgan fingerprint density at radius 1 is 0.971 bits per heavy atom. The van der Waals surface area contributed by atoms with E-state index in [1.807, 2.05) is 0 Å². The van der Waals surface area contributed by atoms with Gasteiger partial charge in [-0.2, -0.15) is 0 Å². The summed E-state index contributed by atoms with van der Waals surface area (Å²) in [5.41, 5.74) is -0.770. The first-order chi connectivity index (χ1) is 16.0. The summed E-state index contributed by atoms with van der Waals surface area (Å²) < 4.78 is 0. The highest BCUT2D eigenvalue weighted by molar-refractivity contribution is 5.75. The average molecular weight is 489 g/mol. The van der Waals surface area contributed by atoms with E-state index in [4.69, 9.17) is 0 Å². The number of aliphatic hydroxyl groups is 1.